The van der Waals surface area contributed by atoms with Gasteiger partial charge in [0.15, 0.2) is 5.75 Å². The summed E-state index contributed by atoms with van der Waals surface area (Å²) in [5.41, 5.74) is -0.844. The highest BCUT2D eigenvalue weighted by Gasteiger charge is 2.18. The van der Waals surface area contributed by atoms with E-state index >= 15 is 0 Å². The van der Waals surface area contributed by atoms with Gasteiger partial charge in [-0.3, -0.25) is 10.1 Å². The Bertz CT molecular complexity index is 473. The number of benzene rings is 1. The SMILES string of the molecule is N#Cc1cc([N+](=O)[O-])cc(OC(F)F)c1Cl. The molecule has 8 heteroatoms. The Labute approximate surface area is 93.0 Å². The van der Waals surface area contributed by atoms with E-state index in [4.69, 9.17) is 16.9 Å². The van der Waals surface area contributed by atoms with Crippen LogP contribution in [0.5, 0.6) is 5.75 Å². The Hall–Kier alpha value is -1.94. The smallest absolute Gasteiger partial charge is 0.387 e. The normalized spacial score (nSPS) is 9.94. The molecule has 1 aromatic rings. The Kier molecular flexibility index (Phi) is 3.58. The zero-order valence-corrected chi connectivity index (χ0v) is 8.24. The molecule has 1 rings (SSSR count). The molecule has 0 aromatic heterocycles. The minimum atomic E-state index is -3.17. The largest absolute Gasteiger partial charge is 0.433 e. The molecule has 1 aromatic carbocycles. The highest BCUT2D eigenvalue weighted by atomic mass is 35.5. The number of nitro groups is 1. The number of ether oxygens (including phenoxy) is 1. The van der Waals surface area contributed by atoms with E-state index in [1.54, 1.807) is 6.07 Å². The third-order valence-corrected chi connectivity index (χ3v) is 1.96. The summed E-state index contributed by atoms with van der Waals surface area (Å²) in [7, 11) is 0. The highest BCUT2D eigenvalue weighted by Crippen LogP contribution is 2.33. The number of halogens is 3. The molecule has 0 atom stereocenters. The average Bonchev–Trinajstić information content (AvgIpc) is 2.20. The predicted octanol–water partition coefficient (Wildman–Crippen LogP) is 2.72. The van der Waals surface area contributed by atoms with Gasteiger partial charge < -0.3 is 4.74 Å². The van der Waals surface area contributed by atoms with Gasteiger partial charge in [-0.05, 0) is 0 Å². The lowest BCUT2D eigenvalue weighted by atomic mass is 10.2. The molecule has 0 saturated heterocycles. The fourth-order valence-corrected chi connectivity index (χ4v) is 1.15. The molecule has 16 heavy (non-hydrogen) atoms. The Morgan fingerprint density at radius 1 is 1.56 bits per heavy atom. The molecular weight excluding hydrogens is 246 g/mol. The zero-order chi connectivity index (χ0) is 12.3. The number of nitro benzene ring substituents is 1. The van der Waals surface area contributed by atoms with Crippen molar-refractivity contribution in [3.05, 3.63) is 32.8 Å². The second-order valence-electron chi connectivity index (χ2n) is 2.55. The number of non-ortho nitro benzene ring substituents is 1. The number of nitriles is 1. The molecule has 0 fully saturated rings. The number of alkyl halides is 2. The molecule has 0 aliphatic rings. The van der Waals surface area contributed by atoms with Crippen LogP contribution in [0.2, 0.25) is 5.02 Å². The van der Waals surface area contributed by atoms with Gasteiger partial charge in [-0.1, -0.05) is 11.6 Å². The van der Waals surface area contributed by atoms with Crippen LogP contribution < -0.4 is 4.74 Å². The second-order valence-corrected chi connectivity index (χ2v) is 2.93. The summed E-state index contributed by atoms with van der Waals surface area (Å²) >= 11 is 5.53. The van der Waals surface area contributed by atoms with Gasteiger partial charge in [0.05, 0.1) is 16.6 Å². The number of hydrogen-bond acceptors (Lipinski definition) is 4. The molecule has 0 radical (unpaired) electrons. The quantitative estimate of drug-likeness (QED) is 0.609. The van der Waals surface area contributed by atoms with E-state index in [0.29, 0.717) is 0 Å². The molecule has 0 amide bonds. The molecular formula is C8H3ClF2N2O3. The fourth-order valence-electron chi connectivity index (χ4n) is 0.952. The molecule has 0 aliphatic carbocycles. The first-order chi connectivity index (χ1) is 7.45. The maximum atomic E-state index is 11.9. The van der Waals surface area contributed by atoms with Crippen molar-refractivity contribution in [2.75, 3.05) is 0 Å². The minimum Gasteiger partial charge on any atom is -0.433 e. The standard InChI is InChI=1S/C8H3ClF2N2O3/c9-7-4(3-12)1-5(13(14)15)2-6(7)16-8(10)11/h1-2,8H. The summed E-state index contributed by atoms with van der Waals surface area (Å²) in [5.74, 6) is -0.595. The summed E-state index contributed by atoms with van der Waals surface area (Å²) in [6, 6.07) is 3.15. The van der Waals surface area contributed by atoms with Crippen molar-refractivity contribution in [1.29, 1.82) is 5.26 Å². The van der Waals surface area contributed by atoms with E-state index in [9.17, 15) is 18.9 Å². The van der Waals surface area contributed by atoms with Crippen LogP contribution in [-0.2, 0) is 0 Å². The number of hydrogen-bond donors (Lipinski definition) is 0. The van der Waals surface area contributed by atoms with Crippen molar-refractivity contribution in [3.63, 3.8) is 0 Å². The van der Waals surface area contributed by atoms with Crippen LogP contribution in [0.3, 0.4) is 0 Å². The van der Waals surface area contributed by atoms with Gasteiger partial charge in [-0.2, -0.15) is 14.0 Å². The minimum absolute atomic E-state index is 0.300. The zero-order valence-electron chi connectivity index (χ0n) is 7.49. The van der Waals surface area contributed by atoms with Crippen molar-refractivity contribution < 1.29 is 18.4 Å². The third-order valence-electron chi connectivity index (χ3n) is 1.57. The van der Waals surface area contributed by atoms with Crippen LogP contribution >= 0.6 is 11.6 Å². The monoisotopic (exact) mass is 248 g/mol. The Morgan fingerprint density at radius 3 is 2.62 bits per heavy atom. The lowest BCUT2D eigenvalue weighted by Gasteiger charge is -2.07. The summed E-state index contributed by atoms with van der Waals surface area (Å²) in [5, 5.41) is 18.6. The maximum absolute atomic E-state index is 11.9. The van der Waals surface area contributed by atoms with Gasteiger partial charge >= 0.3 is 6.61 Å². The molecule has 5 nitrogen and oxygen atoms in total. The third kappa shape index (κ3) is 2.55. The van der Waals surface area contributed by atoms with Gasteiger partial charge in [0, 0.05) is 6.07 Å². The molecule has 0 N–H and O–H groups in total. The van der Waals surface area contributed by atoms with Crippen LogP contribution in [0.1, 0.15) is 5.56 Å². The number of nitrogens with zero attached hydrogens (tertiary/aromatic N) is 2. The Morgan fingerprint density at radius 2 is 2.19 bits per heavy atom. The summed E-state index contributed by atoms with van der Waals surface area (Å²) in [6.07, 6.45) is 0. The maximum Gasteiger partial charge on any atom is 0.387 e. The lowest BCUT2D eigenvalue weighted by Crippen LogP contribution is -2.03. The summed E-state index contributed by atoms with van der Waals surface area (Å²) < 4.78 is 27.8. The van der Waals surface area contributed by atoms with Crippen LogP contribution in [0, 0.1) is 21.4 Å². The first-order valence-corrected chi connectivity index (χ1v) is 4.16. The predicted molar refractivity (Wildman–Crippen MR) is 49.5 cm³/mol. The van der Waals surface area contributed by atoms with Gasteiger partial charge in [0.25, 0.3) is 5.69 Å². The first kappa shape index (κ1) is 12.1. The van der Waals surface area contributed by atoms with Crippen LogP contribution in [-0.4, -0.2) is 11.5 Å². The van der Waals surface area contributed by atoms with Crippen molar-refractivity contribution in [1.82, 2.24) is 0 Å². The molecule has 0 unspecified atom stereocenters. The molecule has 0 heterocycles. The van der Waals surface area contributed by atoms with Crippen molar-refractivity contribution in [3.8, 4) is 11.8 Å². The molecule has 0 saturated carbocycles. The van der Waals surface area contributed by atoms with Gasteiger partial charge in [-0.15, -0.1) is 0 Å². The summed E-state index contributed by atoms with van der Waals surface area (Å²) in [4.78, 5) is 9.59. The van der Waals surface area contributed by atoms with Gasteiger partial charge in [-0.25, -0.2) is 0 Å². The molecule has 0 spiro atoms. The van der Waals surface area contributed by atoms with Crippen LogP contribution in [0.15, 0.2) is 12.1 Å². The van der Waals surface area contributed by atoms with Crippen molar-refractivity contribution in [2.24, 2.45) is 0 Å². The topological polar surface area (TPSA) is 76.2 Å². The number of rotatable bonds is 3. The van der Waals surface area contributed by atoms with E-state index in [1.807, 2.05) is 0 Å². The average molecular weight is 249 g/mol. The van der Waals surface area contributed by atoms with Crippen LogP contribution in [0.4, 0.5) is 14.5 Å². The van der Waals surface area contributed by atoms with Crippen molar-refractivity contribution >= 4 is 17.3 Å². The molecule has 0 aliphatic heterocycles. The first-order valence-electron chi connectivity index (χ1n) is 3.78. The van der Waals surface area contributed by atoms with E-state index < -0.39 is 23.0 Å². The highest BCUT2D eigenvalue weighted by molar-refractivity contribution is 6.33. The summed E-state index contributed by atoms with van der Waals surface area (Å²) in [6.45, 7) is -3.17. The van der Waals surface area contributed by atoms with Gasteiger partial charge in [0.2, 0.25) is 0 Å². The van der Waals surface area contributed by atoms with Crippen LogP contribution in [0.25, 0.3) is 0 Å². The molecule has 0 bridgehead atoms. The van der Waals surface area contributed by atoms with E-state index in [-0.39, 0.29) is 10.6 Å². The Balaban J connectivity index is 3.31. The van der Waals surface area contributed by atoms with E-state index in [0.717, 1.165) is 12.1 Å². The van der Waals surface area contributed by atoms with Gasteiger partial charge in [0.1, 0.15) is 11.1 Å². The van der Waals surface area contributed by atoms with E-state index in [2.05, 4.69) is 4.74 Å². The second kappa shape index (κ2) is 4.72. The lowest BCUT2D eigenvalue weighted by molar-refractivity contribution is -0.385. The van der Waals surface area contributed by atoms with Crippen molar-refractivity contribution in [2.45, 2.75) is 6.61 Å². The fraction of sp³-hybridized carbons (Fsp3) is 0.125. The molecule has 84 valence electrons. The van der Waals surface area contributed by atoms with E-state index in [1.165, 1.54) is 0 Å².